The van der Waals surface area contributed by atoms with E-state index in [-0.39, 0.29) is 28.0 Å². The number of hydrogen-bond acceptors (Lipinski definition) is 6. The highest BCUT2D eigenvalue weighted by atomic mass is 32.2. The lowest BCUT2D eigenvalue weighted by Gasteiger charge is -2.24. The van der Waals surface area contributed by atoms with Gasteiger partial charge in [0.25, 0.3) is 0 Å². The van der Waals surface area contributed by atoms with Crippen molar-refractivity contribution in [1.82, 2.24) is 0 Å². The monoisotopic (exact) mass is 471 g/mol. The van der Waals surface area contributed by atoms with Crippen LogP contribution in [-0.4, -0.2) is 28.0 Å². The van der Waals surface area contributed by atoms with Crippen molar-refractivity contribution >= 4 is 32.8 Å². The zero-order chi connectivity index (χ0) is 22.9. The first-order valence-corrected chi connectivity index (χ1v) is 12.7. The molecule has 0 saturated carbocycles. The number of carbonyl (C=O) groups is 1. The lowest BCUT2D eigenvalue weighted by Crippen LogP contribution is -2.23. The molecule has 3 aromatic rings. The van der Waals surface area contributed by atoms with Crippen molar-refractivity contribution in [3.8, 4) is 11.5 Å². The minimum Gasteiger partial charge on any atom is -0.493 e. The Kier molecular flexibility index (Phi) is 6.26. The Morgan fingerprint density at radius 2 is 1.88 bits per heavy atom. The molecule has 32 heavy (non-hydrogen) atoms. The van der Waals surface area contributed by atoms with Crippen LogP contribution in [0.25, 0.3) is 0 Å². The summed E-state index contributed by atoms with van der Waals surface area (Å²) in [5.74, 6) is 0.756. The molecule has 0 radical (unpaired) electrons. The Bertz CT molecular complexity index is 1250. The second-order valence-electron chi connectivity index (χ2n) is 7.72. The molecule has 1 aliphatic heterocycles. The van der Waals surface area contributed by atoms with Gasteiger partial charge in [0.1, 0.15) is 4.90 Å². The summed E-state index contributed by atoms with van der Waals surface area (Å²) < 4.78 is 37.8. The lowest BCUT2D eigenvalue weighted by molar-refractivity contribution is -0.116. The molecular formula is C24H25NO5S2. The molecule has 2 heterocycles. The van der Waals surface area contributed by atoms with E-state index in [1.165, 1.54) is 11.3 Å². The topological polar surface area (TPSA) is 81.7 Å². The first-order valence-electron chi connectivity index (χ1n) is 10.4. The van der Waals surface area contributed by atoms with Gasteiger partial charge in [-0.2, -0.15) is 0 Å². The van der Waals surface area contributed by atoms with Gasteiger partial charge in [0, 0.05) is 22.6 Å². The summed E-state index contributed by atoms with van der Waals surface area (Å²) in [5, 5.41) is 4.42. The third-order valence-corrected chi connectivity index (χ3v) is 8.47. The summed E-state index contributed by atoms with van der Waals surface area (Å²) in [6.07, 6.45) is 1.11. The Hall–Kier alpha value is -2.84. The van der Waals surface area contributed by atoms with E-state index >= 15 is 0 Å². The number of sulfone groups is 1. The normalized spacial score (nSPS) is 15.7. The van der Waals surface area contributed by atoms with Crippen molar-refractivity contribution in [1.29, 1.82) is 0 Å². The minimum absolute atomic E-state index is 0.134. The highest BCUT2D eigenvalue weighted by Crippen LogP contribution is 2.47. The number of nitrogens with one attached hydrogen (secondary N) is 1. The van der Waals surface area contributed by atoms with Gasteiger partial charge in [0.15, 0.2) is 11.5 Å². The fraction of sp³-hybridized carbons (Fsp3) is 0.292. The molecule has 8 heteroatoms. The SMILES string of the molecule is CCCOc1ccc([C@H]2CC(=O)Nc3c(S(=O)(=O)c4ccc(C)cc4)csc32)cc1OC. The quantitative estimate of drug-likeness (QED) is 0.515. The zero-order valence-electron chi connectivity index (χ0n) is 18.2. The second kappa shape index (κ2) is 8.96. The van der Waals surface area contributed by atoms with Crippen LogP contribution in [0.1, 0.15) is 41.7 Å². The molecule has 2 aromatic carbocycles. The molecule has 0 bridgehead atoms. The van der Waals surface area contributed by atoms with E-state index in [1.54, 1.807) is 36.8 Å². The lowest BCUT2D eigenvalue weighted by atomic mass is 9.90. The number of anilines is 1. The van der Waals surface area contributed by atoms with Crippen molar-refractivity contribution in [3.05, 3.63) is 63.8 Å². The molecule has 0 unspecified atom stereocenters. The van der Waals surface area contributed by atoms with E-state index in [4.69, 9.17) is 9.47 Å². The van der Waals surface area contributed by atoms with Gasteiger partial charge in [-0.1, -0.05) is 30.7 Å². The van der Waals surface area contributed by atoms with E-state index in [0.29, 0.717) is 23.8 Å². The average Bonchev–Trinajstić information content (AvgIpc) is 3.22. The molecule has 0 aliphatic carbocycles. The average molecular weight is 472 g/mol. The van der Waals surface area contributed by atoms with Crippen LogP contribution in [0.5, 0.6) is 11.5 Å². The maximum absolute atomic E-state index is 13.3. The van der Waals surface area contributed by atoms with Gasteiger partial charge in [0.05, 0.1) is 24.3 Å². The fourth-order valence-corrected chi connectivity index (χ4v) is 6.66. The van der Waals surface area contributed by atoms with E-state index < -0.39 is 9.84 Å². The number of thiophene rings is 1. The maximum atomic E-state index is 13.3. The van der Waals surface area contributed by atoms with Gasteiger partial charge in [-0.3, -0.25) is 4.79 Å². The summed E-state index contributed by atoms with van der Waals surface area (Å²) in [7, 11) is -2.18. The van der Waals surface area contributed by atoms with Crippen molar-refractivity contribution < 1.29 is 22.7 Å². The minimum atomic E-state index is -3.76. The number of carbonyl (C=O) groups excluding carboxylic acids is 1. The standard InChI is InChI=1S/C24H25NO5S2/c1-4-11-30-19-10-7-16(12-20(19)29-3)18-13-22(26)25-23-21(14-31-24(18)23)32(27,28)17-8-5-15(2)6-9-17/h5-10,12,14,18H,4,11,13H2,1-3H3,(H,25,26)/t18-/m1/s1. The van der Waals surface area contributed by atoms with Gasteiger partial charge in [-0.05, 0) is 43.2 Å². The number of amides is 1. The van der Waals surface area contributed by atoms with Crippen molar-refractivity contribution in [2.45, 2.75) is 42.4 Å². The van der Waals surface area contributed by atoms with Gasteiger partial charge >= 0.3 is 0 Å². The Balaban J connectivity index is 1.75. The number of rotatable bonds is 7. The number of aryl methyl sites for hydroxylation is 1. The molecule has 0 saturated heterocycles. The van der Waals surface area contributed by atoms with E-state index in [1.807, 2.05) is 32.0 Å². The van der Waals surface area contributed by atoms with Crippen LogP contribution < -0.4 is 14.8 Å². The molecule has 1 atom stereocenters. The van der Waals surface area contributed by atoms with Gasteiger partial charge in [-0.25, -0.2) is 8.42 Å². The summed E-state index contributed by atoms with van der Waals surface area (Å²) in [6, 6.07) is 12.3. The molecule has 0 spiro atoms. The molecule has 168 valence electrons. The first-order chi connectivity index (χ1) is 15.3. The van der Waals surface area contributed by atoms with Gasteiger partial charge in [0.2, 0.25) is 15.7 Å². The van der Waals surface area contributed by atoms with Crippen LogP contribution in [0.3, 0.4) is 0 Å². The molecular weight excluding hydrogens is 446 g/mol. The highest BCUT2D eigenvalue weighted by molar-refractivity contribution is 7.91. The number of methoxy groups -OCH3 is 1. The van der Waals surface area contributed by atoms with Crippen LogP contribution in [0, 0.1) is 6.92 Å². The Morgan fingerprint density at radius 3 is 2.56 bits per heavy atom. The van der Waals surface area contributed by atoms with Crippen molar-refractivity contribution in [2.75, 3.05) is 19.0 Å². The molecule has 1 aromatic heterocycles. The maximum Gasteiger partial charge on any atom is 0.225 e. The van der Waals surface area contributed by atoms with E-state index in [9.17, 15) is 13.2 Å². The van der Waals surface area contributed by atoms with E-state index in [2.05, 4.69) is 5.32 Å². The van der Waals surface area contributed by atoms with Crippen LogP contribution in [0.15, 0.2) is 57.6 Å². The molecule has 1 aliphatic rings. The third-order valence-electron chi connectivity index (χ3n) is 5.43. The summed E-state index contributed by atoms with van der Waals surface area (Å²) in [4.78, 5) is 13.7. The summed E-state index contributed by atoms with van der Waals surface area (Å²) in [5.41, 5.74) is 2.23. The number of fused-ring (bicyclic) bond motifs is 1. The molecule has 0 fully saturated rings. The molecule has 4 rings (SSSR count). The number of hydrogen-bond donors (Lipinski definition) is 1. The summed E-state index contributed by atoms with van der Waals surface area (Å²) >= 11 is 1.35. The first kappa shape index (κ1) is 22.4. The smallest absolute Gasteiger partial charge is 0.225 e. The second-order valence-corrected chi connectivity index (χ2v) is 10.5. The number of benzene rings is 2. The van der Waals surface area contributed by atoms with Gasteiger partial charge < -0.3 is 14.8 Å². The predicted octanol–water partition coefficient (Wildman–Crippen LogP) is 5.16. The van der Waals surface area contributed by atoms with Gasteiger partial charge in [-0.15, -0.1) is 11.3 Å². The van der Waals surface area contributed by atoms with Crippen LogP contribution >= 0.6 is 11.3 Å². The van der Waals surface area contributed by atoms with E-state index in [0.717, 1.165) is 22.4 Å². The Morgan fingerprint density at radius 1 is 1.12 bits per heavy atom. The predicted molar refractivity (Wildman–Crippen MR) is 125 cm³/mol. The van der Waals surface area contributed by atoms with Crippen LogP contribution in [0.4, 0.5) is 5.69 Å². The Labute approximate surface area is 192 Å². The van der Waals surface area contributed by atoms with Crippen molar-refractivity contribution in [3.63, 3.8) is 0 Å². The summed E-state index contributed by atoms with van der Waals surface area (Å²) in [6.45, 7) is 4.51. The largest absolute Gasteiger partial charge is 0.493 e. The van der Waals surface area contributed by atoms with Crippen LogP contribution in [-0.2, 0) is 14.6 Å². The molecule has 1 amide bonds. The van der Waals surface area contributed by atoms with Crippen molar-refractivity contribution in [2.24, 2.45) is 0 Å². The van der Waals surface area contributed by atoms with Crippen LogP contribution in [0.2, 0.25) is 0 Å². The highest BCUT2D eigenvalue weighted by Gasteiger charge is 2.34. The molecule has 1 N–H and O–H groups in total. The molecule has 6 nitrogen and oxygen atoms in total. The fourth-order valence-electron chi connectivity index (χ4n) is 3.75. The number of ether oxygens (including phenoxy) is 2. The third kappa shape index (κ3) is 4.12. The zero-order valence-corrected chi connectivity index (χ0v) is 19.8.